The van der Waals surface area contributed by atoms with Gasteiger partial charge < -0.3 is 25.2 Å². The number of hydrogen-bond acceptors (Lipinski definition) is 6. The number of nitrogens with one attached hydrogen (secondary N) is 2. The third-order valence-electron chi connectivity index (χ3n) is 3.78. The van der Waals surface area contributed by atoms with Gasteiger partial charge in [-0.05, 0) is 12.1 Å². The van der Waals surface area contributed by atoms with E-state index in [0.717, 1.165) is 0 Å². The van der Waals surface area contributed by atoms with E-state index in [2.05, 4.69) is 15.6 Å². The van der Waals surface area contributed by atoms with E-state index < -0.39 is 12.2 Å². The number of aliphatic hydroxyl groups excluding tert-OH is 1. The Morgan fingerprint density at radius 1 is 1.33 bits per heavy atom. The molecular weight excluding hydrogens is 274 g/mol. The number of nitrogens with zero attached hydrogens (tertiary/aromatic N) is 1. The molecule has 114 valence electrons. The van der Waals surface area contributed by atoms with Gasteiger partial charge in [-0.1, -0.05) is 0 Å². The van der Waals surface area contributed by atoms with Gasteiger partial charge in [0.05, 0.1) is 38.0 Å². The zero-order chi connectivity index (χ0) is 14.7. The van der Waals surface area contributed by atoms with Gasteiger partial charge in [-0.25, -0.2) is 0 Å². The fourth-order valence-electron chi connectivity index (χ4n) is 2.44. The van der Waals surface area contributed by atoms with Crippen LogP contribution in [0.2, 0.25) is 0 Å². The number of aromatic nitrogens is 1. The van der Waals surface area contributed by atoms with E-state index in [0.29, 0.717) is 31.4 Å². The van der Waals surface area contributed by atoms with E-state index >= 15 is 0 Å². The third-order valence-corrected chi connectivity index (χ3v) is 3.78. The highest BCUT2D eigenvalue weighted by Crippen LogP contribution is 2.16. The van der Waals surface area contributed by atoms with Crippen molar-refractivity contribution in [2.45, 2.75) is 24.3 Å². The van der Waals surface area contributed by atoms with Crippen LogP contribution in [0, 0.1) is 0 Å². The van der Waals surface area contributed by atoms with E-state index in [1.54, 1.807) is 24.5 Å². The molecule has 0 aromatic carbocycles. The SMILES string of the molecule is O=C(NCC1OCC(NC2COC2)C1O)c1ccncc1. The minimum atomic E-state index is -0.636. The Balaban J connectivity index is 1.46. The molecule has 0 bridgehead atoms. The summed E-state index contributed by atoms with van der Waals surface area (Å²) >= 11 is 0. The molecule has 3 unspecified atom stereocenters. The maximum absolute atomic E-state index is 11.9. The van der Waals surface area contributed by atoms with Gasteiger partial charge in [-0.3, -0.25) is 9.78 Å². The Morgan fingerprint density at radius 2 is 2.10 bits per heavy atom. The molecule has 7 heteroatoms. The van der Waals surface area contributed by atoms with Crippen LogP contribution >= 0.6 is 0 Å². The molecule has 3 heterocycles. The van der Waals surface area contributed by atoms with E-state index in [4.69, 9.17) is 9.47 Å². The first-order valence-corrected chi connectivity index (χ1v) is 7.06. The maximum Gasteiger partial charge on any atom is 0.251 e. The van der Waals surface area contributed by atoms with E-state index in [-0.39, 0.29) is 18.5 Å². The van der Waals surface area contributed by atoms with Gasteiger partial charge in [-0.2, -0.15) is 0 Å². The summed E-state index contributed by atoms with van der Waals surface area (Å²) in [6, 6.07) is 3.46. The Labute approximate surface area is 122 Å². The van der Waals surface area contributed by atoms with Crippen LogP contribution in [0.25, 0.3) is 0 Å². The zero-order valence-electron chi connectivity index (χ0n) is 11.6. The molecule has 7 nitrogen and oxygen atoms in total. The fraction of sp³-hybridized carbons (Fsp3) is 0.571. The Bertz CT molecular complexity index is 480. The van der Waals surface area contributed by atoms with Crippen molar-refractivity contribution in [1.82, 2.24) is 15.6 Å². The summed E-state index contributed by atoms with van der Waals surface area (Å²) in [5.74, 6) is -0.197. The first kappa shape index (κ1) is 14.4. The summed E-state index contributed by atoms with van der Waals surface area (Å²) in [4.78, 5) is 15.8. The second-order valence-corrected chi connectivity index (χ2v) is 5.32. The van der Waals surface area contributed by atoms with Gasteiger partial charge in [-0.15, -0.1) is 0 Å². The Morgan fingerprint density at radius 3 is 2.76 bits per heavy atom. The van der Waals surface area contributed by atoms with Crippen LogP contribution in [0.5, 0.6) is 0 Å². The first-order chi connectivity index (χ1) is 10.2. The Kier molecular flexibility index (Phi) is 4.45. The predicted molar refractivity (Wildman–Crippen MR) is 73.8 cm³/mol. The number of hydrogen-bond donors (Lipinski definition) is 3. The van der Waals surface area contributed by atoms with Crippen molar-refractivity contribution >= 4 is 5.91 Å². The molecule has 3 atom stereocenters. The van der Waals surface area contributed by atoms with E-state index in [9.17, 15) is 9.90 Å². The molecule has 3 rings (SSSR count). The number of carbonyl (C=O) groups excluding carboxylic acids is 1. The smallest absolute Gasteiger partial charge is 0.251 e. The number of rotatable bonds is 5. The monoisotopic (exact) mass is 293 g/mol. The van der Waals surface area contributed by atoms with Crippen LogP contribution in [0.4, 0.5) is 0 Å². The van der Waals surface area contributed by atoms with Gasteiger partial charge in [0.25, 0.3) is 5.91 Å². The third kappa shape index (κ3) is 3.38. The number of amides is 1. The van der Waals surface area contributed by atoms with Crippen molar-refractivity contribution < 1.29 is 19.4 Å². The molecule has 1 aromatic heterocycles. The molecular formula is C14H19N3O4. The highest BCUT2D eigenvalue weighted by Gasteiger charge is 2.38. The molecule has 2 aliphatic rings. The summed E-state index contributed by atoms with van der Waals surface area (Å²) < 4.78 is 10.6. The molecule has 0 aliphatic carbocycles. The van der Waals surface area contributed by atoms with Gasteiger partial charge in [0.1, 0.15) is 6.10 Å². The summed E-state index contributed by atoms with van der Waals surface area (Å²) in [5.41, 5.74) is 0.541. The van der Waals surface area contributed by atoms with Crippen LogP contribution in [0.1, 0.15) is 10.4 Å². The number of ether oxygens (including phenoxy) is 2. The molecule has 0 spiro atoms. The van der Waals surface area contributed by atoms with Crippen molar-refractivity contribution in [3.8, 4) is 0 Å². The summed E-state index contributed by atoms with van der Waals surface area (Å²) in [6.45, 7) is 2.06. The quantitative estimate of drug-likeness (QED) is 0.640. The molecule has 0 radical (unpaired) electrons. The second-order valence-electron chi connectivity index (χ2n) is 5.32. The number of aliphatic hydroxyl groups is 1. The summed E-state index contributed by atoms with van der Waals surface area (Å²) in [6.07, 6.45) is 2.10. The van der Waals surface area contributed by atoms with E-state index in [1.165, 1.54) is 0 Å². The van der Waals surface area contributed by atoms with Crippen LogP contribution in [-0.4, -0.2) is 66.7 Å². The molecule has 0 saturated carbocycles. The van der Waals surface area contributed by atoms with Gasteiger partial charge in [0, 0.05) is 24.5 Å². The molecule has 1 aromatic rings. The van der Waals surface area contributed by atoms with Crippen LogP contribution < -0.4 is 10.6 Å². The topological polar surface area (TPSA) is 92.7 Å². The van der Waals surface area contributed by atoms with Crippen molar-refractivity contribution in [2.24, 2.45) is 0 Å². The molecule has 21 heavy (non-hydrogen) atoms. The minimum Gasteiger partial charge on any atom is -0.389 e. The predicted octanol–water partition coefficient (Wildman–Crippen LogP) is -1.07. The van der Waals surface area contributed by atoms with Crippen LogP contribution in [0.3, 0.4) is 0 Å². The average Bonchev–Trinajstić information content (AvgIpc) is 2.82. The molecule has 2 aliphatic heterocycles. The lowest BCUT2D eigenvalue weighted by Gasteiger charge is -2.30. The van der Waals surface area contributed by atoms with Crippen molar-refractivity contribution in [3.05, 3.63) is 30.1 Å². The average molecular weight is 293 g/mol. The lowest BCUT2D eigenvalue weighted by Crippen LogP contribution is -2.54. The number of carbonyl (C=O) groups is 1. The molecule has 2 saturated heterocycles. The van der Waals surface area contributed by atoms with Crippen molar-refractivity contribution in [3.63, 3.8) is 0 Å². The van der Waals surface area contributed by atoms with Gasteiger partial charge in [0.15, 0.2) is 0 Å². The number of pyridine rings is 1. The fourth-order valence-corrected chi connectivity index (χ4v) is 2.44. The summed E-state index contributed by atoms with van der Waals surface area (Å²) in [5, 5.41) is 16.3. The maximum atomic E-state index is 11.9. The zero-order valence-corrected chi connectivity index (χ0v) is 11.6. The largest absolute Gasteiger partial charge is 0.389 e. The van der Waals surface area contributed by atoms with Crippen LogP contribution in [0.15, 0.2) is 24.5 Å². The van der Waals surface area contributed by atoms with Crippen molar-refractivity contribution in [1.29, 1.82) is 0 Å². The molecule has 1 amide bonds. The lowest BCUT2D eigenvalue weighted by molar-refractivity contribution is -0.0165. The standard InChI is InChI=1S/C14H19N3O4/c18-13-11(17-10-6-20-7-10)8-21-12(13)5-16-14(19)9-1-3-15-4-2-9/h1-4,10-13,17-18H,5-8H2,(H,16,19). The first-order valence-electron chi connectivity index (χ1n) is 7.06. The molecule has 2 fully saturated rings. The molecule has 3 N–H and O–H groups in total. The summed E-state index contributed by atoms with van der Waals surface area (Å²) in [7, 11) is 0. The van der Waals surface area contributed by atoms with Crippen molar-refractivity contribution in [2.75, 3.05) is 26.4 Å². The minimum absolute atomic E-state index is 0.110. The normalized spacial score (nSPS) is 29.1. The van der Waals surface area contributed by atoms with Crippen LogP contribution in [-0.2, 0) is 9.47 Å². The van der Waals surface area contributed by atoms with E-state index in [1.807, 2.05) is 0 Å². The Hall–Kier alpha value is -1.54. The van der Waals surface area contributed by atoms with Gasteiger partial charge in [0.2, 0.25) is 0 Å². The highest BCUT2D eigenvalue weighted by molar-refractivity contribution is 5.93. The lowest BCUT2D eigenvalue weighted by atomic mass is 10.1. The highest BCUT2D eigenvalue weighted by atomic mass is 16.5. The second kappa shape index (κ2) is 6.48. The van der Waals surface area contributed by atoms with Gasteiger partial charge >= 0.3 is 0 Å².